The van der Waals surface area contributed by atoms with Gasteiger partial charge in [0.25, 0.3) is 0 Å². The number of carbonyl (C=O) groups excluding carboxylic acids is 1. The van der Waals surface area contributed by atoms with E-state index in [1.807, 2.05) is 20.8 Å². The Hall–Kier alpha value is -0.610. The zero-order chi connectivity index (χ0) is 13.4. The van der Waals surface area contributed by atoms with Gasteiger partial charge in [0.15, 0.2) is 0 Å². The van der Waals surface area contributed by atoms with Gasteiger partial charge < -0.3 is 15.0 Å². The summed E-state index contributed by atoms with van der Waals surface area (Å²) >= 11 is 0. The normalized spacial score (nSPS) is 17.1. The summed E-state index contributed by atoms with van der Waals surface area (Å²) in [7, 11) is 0. The third-order valence-corrected chi connectivity index (χ3v) is 2.95. The molecule has 0 radical (unpaired) electrons. The Bertz CT molecular complexity index is 243. The van der Waals surface area contributed by atoms with Crippen LogP contribution >= 0.6 is 0 Å². The number of likely N-dealkylation sites (tertiary alicyclic amines) is 1. The van der Waals surface area contributed by atoms with E-state index in [0.29, 0.717) is 6.42 Å². The molecule has 1 N–H and O–H groups in total. The van der Waals surface area contributed by atoms with Gasteiger partial charge in [-0.2, -0.15) is 0 Å². The zero-order valence-electron chi connectivity index (χ0n) is 12.1. The number of nitrogens with one attached hydrogen (secondary N) is 1. The highest BCUT2D eigenvalue weighted by Gasteiger charge is 2.15. The van der Waals surface area contributed by atoms with E-state index in [-0.39, 0.29) is 11.6 Å². The molecule has 0 saturated carbocycles. The SMILES string of the molecule is CC(C)(C)OC(=O)CCNCCCN1CCCC1. The molecule has 1 fully saturated rings. The van der Waals surface area contributed by atoms with Gasteiger partial charge in [0.1, 0.15) is 5.60 Å². The van der Waals surface area contributed by atoms with Crippen LogP contribution in [0.3, 0.4) is 0 Å². The average molecular weight is 256 g/mol. The number of rotatable bonds is 7. The van der Waals surface area contributed by atoms with Crippen LogP contribution in [0.1, 0.15) is 46.5 Å². The first-order valence-corrected chi connectivity index (χ1v) is 7.12. The van der Waals surface area contributed by atoms with E-state index in [0.717, 1.165) is 19.5 Å². The predicted molar refractivity (Wildman–Crippen MR) is 73.6 cm³/mol. The third-order valence-electron chi connectivity index (χ3n) is 2.95. The minimum atomic E-state index is -0.368. The van der Waals surface area contributed by atoms with Crippen LogP contribution in [0.2, 0.25) is 0 Å². The molecule has 0 aromatic heterocycles. The molecule has 0 aromatic carbocycles. The lowest BCUT2D eigenvalue weighted by Crippen LogP contribution is -2.28. The second-order valence-electron chi connectivity index (χ2n) is 5.99. The maximum atomic E-state index is 11.4. The Labute approximate surface area is 111 Å². The summed E-state index contributed by atoms with van der Waals surface area (Å²) < 4.78 is 5.24. The minimum absolute atomic E-state index is 0.116. The summed E-state index contributed by atoms with van der Waals surface area (Å²) in [6.45, 7) is 11.1. The summed E-state index contributed by atoms with van der Waals surface area (Å²) in [5.41, 5.74) is -0.368. The predicted octanol–water partition coefficient (Wildman–Crippen LogP) is 1.79. The summed E-state index contributed by atoms with van der Waals surface area (Å²) in [5.74, 6) is -0.116. The smallest absolute Gasteiger partial charge is 0.307 e. The Morgan fingerprint density at radius 1 is 1.22 bits per heavy atom. The number of hydrogen-bond donors (Lipinski definition) is 1. The van der Waals surface area contributed by atoms with Crippen LogP contribution in [0.25, 0.3) is 0 Å². The highest BCUT2D eigenvalue weighted by atomic mass is 16.6. The topological polar surface area (TPSA) is 41.6 Å². The van der Waals surface area contributed by atoms with Crippen molar-refractivity contribution in [3.8, 4) is 0 Å². The summed E-state index contributed by atoms with van der Waals surface area (Å²) in [5, 5.41) is 3.30. The fourth-order valence-electron chi connectivity index (χ4n) is 2.14. The van der Waals surface area contributed by atoms with Gasteiger partial charge in [-0.25, -0.2) is 0 Å². The molecule has 0 bridgehead atoms. The van der Waals surface area contributed by atoms with Crippen molar-refractivity contribution in [2.24, 2.45) is 0 Å². The Balaban J connectivity index is 1.90. The van der Waals surface area contributed by atoms with Crippen LogP contribution in [0, 0.1) is 0 Å². The lowest BCUT2D eigenvalue weighted by Gasteiger charge is -2.19. The summed E-state index contributed by atoms with van der Waals surface area (Å²) in [6, 6.07) is 0. The largest absolute Gasteiger partial charge is 0.460 e. The quantitative estimate of drug-likeness (QED) is 0.557. The first-order valence-electron chi connectivity index (χ1n) is 7.12. The highest BCUT2D eigenvalue weighted by Crippen LogP contribution is 2.08. The lowest BCUT2D eigenvalue weighted by atomic mass is 10.2. The van der Waals surface area contributed by atoms with Crippen LogP contribution in [-0.4, -0.2) is 49.2 Å². The van der Waals surface area contributed by atoms with Crippen molar-refractivity contribution in [1.29, 1.82) is 0 Å². The molecule has 4 heteroatoms. The van der Waals surface area contributed by atoms with Crippen molar-refractivity contribution in [2.75, 3.05) is 32.7 Å². The molecule has 1 rings (SSSR count). The second kappa shape index (κ2) is 7.74. The van der Waals surface area contributed by atoms with Crippen molar-refractivity contribution >= 4 is 5.97 Å². The van der Waals surface area contributed by atoms with Gasteiger partial charge in [-0.05, 0) is 66.2 Å². The molecule has 18 heavy (non-hydrogen) atoms. The van der Waals surface area contributed by atoms with E-state index in [4.69, 9.17) is 4.74 Å². The second-order valence-corrected chi connectivity index (χ2v) is 5.99. The number of hydrogen-bond acceptors (Lipinski definition) is 4. The Morgan fingerprint density at radius 3 is 2.50 bits per heavy atom. The van der Waals surface area contributed by atoms with Crippen molar-refractivity contribution in [3.05, 3.63) is 0 Å². The molecule has 0 aliphatic carbocycles. The molecule has 1 saturated heterocycles. The molecular weight excluding hydrogens is 228 g/mol. The lowest BCUT2D eigenvalue weighted by molar-refractivity contribution is -0.154. The minimum Gasteiger partial charge on any atom is -0.460 e. The van der Waals surface area contributed by atoms with E-state index in [9.17, 15) is 4.79 Å². The van der Waals surface area contributed by atoms with Crippen molar-refractivity contribution in [1.82, 2.24) is 10.2 Å². The highest BCUT2D eigenvalue weighted by molar-refractivity contribution is 5.70. The molecule has 0 unspecified atom stereocenters. The molecular formula is C14H28N2O2. The van der Waals surface area contributed by atoms with Crippen LogP contribution in [0.15, 0.2) is 0 Å². The molecule has 0 amide bonds. The van der Waals surface area contributed by atoms with E-state index >= 15 is 0 Å². The molecule has 106 valence electrons. The fourth-order valence-corrected chi connectivity index (χ4v) is 2.14. The van der Waals surface area contributed by atoms with E-state index in [1.54, 1.807) is 0 Å². The van der Waals surface area contributed by atoms with Gasteiger partial charge in [0, 0.05) is 6.54 Å². The van der Waals surface area contributed by atoms with Gasteiger partial charge >= 0.3 is 5.97 Å². The van der Waals surface area contributed by atoms with Crippen LogP contribution in [0.4, 0.5) is 0 Å². The third kappa shape index (κ3) is 7.67. The van der Waals surface area contributed by atoms with Gasteiger partial charge in [-0.3, -0.25) is 4.79 Å². The summed E-state index contributed by atoms with van der Waals surface area (Å²) in [6.07, 6.45) is 4.33. The van der Waals surface area contributed by atoms with Crippen molar-refractivity contribution < 1.29 is 9.53 Å². The monoisotopic (exact) mass is 256 g/mol. The molecule has 1 aliphatic rings. The van der Waals surface area contributed by atoms with Crippen molar-refractivity contribution in [3.63, 3.8) is 0 Å². The van der Waals surface area contributed by atoms with Gasteiger partial charge in [0.2, 0.25) is 0 Å². The number of nitrogens with zero attached hydrogens (tertiary/aromatic N) is 1. The molecule has 0 aromatic rings. The first kappa shape index (κ1) is 15.4. The van der Waals surface area contributed by atoms with E-state index in [1.165, 1.54) is 32.5 Å². The number of esters is 1. The molecule has 1 aliphatic heterocycles. The first-order chi connectivity index (χ1) is 8.47. The van der Waals surface area contributed by atoms with E-state index in [2.05, 4.69) is 10.2 Å². The fraction of sp³-hybridized carbons (Fsp3) is 0.929. The van der Waals surface area contributed by atoms with Gasteiger partial charge in [0.05, 0.1) is 6.42 Å². The molecule has 1 heterocycles. The van der Waals surface area contributed by atoms with Gasteiger partial charge in [-0.1, -0.05) is 0 Å². The van der Waals surface area contributed by atoms with Crippen LogP contribution < -0.4 is 5.32 Å². The summed E-state index contributed by atoms with van der Waals surface area (Å²) in [4.78, 5) is 13.9. The zero-order valence-corrected chi connectivity index (χ0v) is 12.1. The molecule has 0 spiro atoms. The number of ether oxygens (including phenoxy) is 1. The standard InChI is InChI=1S/C14H28N2O2/c1-14(2,3)18-13(17)7-9-15-8-6-12-16-10-4-5-11-16/h15H,4-12H2,1-3H3. The van der Waals surface area contributed by atoms with E-state index < -0.39 is 0 Å². The van der Waals surface area contributed by atoms with Gasteiger partial charge in [-0.15, -0.1) is 0 Å². The number of carbonyl (C=O) groups is 1. The Morgan fingerprint density at radius 2 is 1.89 bits per heavy atom. The maximum Gasteiger partial charge on any atom is 0.307 e. The average Bonchev–Trinajstić information content (AvgIpc) is 2.73. The molecule has 4 nitrogen and oxygen atoms in total. The Kier molecular flexibility index (Phi) is 6.65. The van der Waals surface area contributed by atoms with Crippen molar-refractivity contribution in [2.45, 2.75) is 52.1 Å². The molecule has 0 atom stereocenters. The van der Waals surface area contributed by atoms with Crippen LogP contribution in [0.5, 0.6) is 0 Å². The maximum absolute atomic E-state index is 11.4. The van der Waals surface area contributed by atoms with Crippen LogP contribution in [-0.2, 0) is 9.53 Å².